The molecule has 1 atom stereocenters. The monoisotopic (exact) mass is 212 g/mol. The van der Waals surface area contributed by atoms with Crippen molar-refractivity contribution in [3.63, 3.8) is 0 Å². The van der Waals surface area contributed by atoms with E-state index in [1.807, 2.05) is 4.90 Å². The van der Waals surface area contributed by atoms with E-state index >= 15 is 0 Å². The molecule has 0 saturated carbocycles. The lowest BCUT2D eigenvalue weighted by atomic mass is 10.1. The van der Waals surface area contributed by atoms with Crippen LogP contribution in [0.1, 0.15) is 51.9 Å². The summed E-state index contributed by atoms with van der Waals surface area (Å²) in [6.07, 6.45) is 7.92. The first-order valence-corrected chi connectivity index (χ1v) is 6.30. The van der Waals surface area contributed by atoms with Gasteiger partial charge in [-0.05, 0) is 19.3 Å². The van der Waals surface area contributed by atoms with Crippen molar-refractivity contribution in [2.75, 3.05) is 13.1 Å². The standard InChI is InChI=1S/C12H24N2O/c1-2-8-11(13)12(15)14-9-6-4-3-5-7-10-14/h11H,2-10,13H2,1H3. The normalized spacial score (nSPS) is 20.5. The van der Waals surface area contributed by atoms with E-state index in [1.54, 1.807) is 0 Å². The SMILES string of the molecule is CCCC(N)C(=O)N1CCCCCCC1. The van der Waals surface area contributed by atoms with Crippen LogP contribution in [0.3, 0.4) is 0 Å². The van der Waals surface area contributed by atoms with Gasteiger partial charge in [-0.1, -0.05) is 32.6 Å². The molecule has 1 unspecified atom stereocenters. The summed E-state index contributed by atoms with van der Waals surface area (Å²) in [5, 5.41) is 0. The summed E-state index contributed by atoms with van der Waals surface area (Å²) in [5.41, 5.74) is 5.86. The molecule has 0 aromatic rings. The van der Waals surface area contributed by atoms with Gasteiger partial charge in [0, 0.05) is 13.1 Å². The zero-order valence-corrected chi connectivity index (χ0v) is 9.87. The highest BCUT2D eigenvalue weighted by atomic mass is 16.2. The van der Waals surface area contributed by atoms with Crippen LogP contribution in [0.25, 0.3) is 0 Å². The quantitative estimate of drug-likeness (QED) is 0.776. The molecule has 1 saturated heterocycles. The van der Waals surface area contributed by atoms with E-state index in [4.69, 9.17) is 5.73 Å². The average molecular weight is 212 g/mol. The molecular weight excluding hydrogens is 188 g/mol. The summed E-state index contributed by atoms with van der Waals surface area (Å²) in [6.45, 7) is 3.90. The van der Waals surface area contributed by atoms with E-state index in [9.17, 15) is 4.79 Å². The fourth-order valence-electron chi connectivity index (χ4n) is 2.14. The van der Waals surface area contributed by atoms with Gasteiger partial charge in [-0.15, -0.1) is 0 Å². The second-order valence-electron chi connectivity index (χ2n) is 4.49. The lowest BCUT2D eigenvalue weighted by Crippen LogP contribution is -2.44. The summed E-state index contributed by atoms with van der Waals surface area (Å²) in [6, 6.07) is -0.269. The topological polar surface area (TPSA) is 46.3 Å². The van der Waals surface area contributed by atoms with Gasteiger partial charge >= 0.3 is 0 Å². The second-order valence-corrected chi connectivity index (χ2v) is 4.49. The van der Waals surface area contributed by atoms with Gasteiger partial charge in [0.2, 0.25) is 5.91 Å². The molecular formula is C12H24N2O. The smallest absolute Gasteiger partial charge is 0.239 e. The highest BCUT2D eigenvalue weighted by Gasteiger charge is 2.20. The molecule has 1 aliphatic heterocycles. The van der Waals surface area contributed by atoms with Crippen molar-refractivity contribution in [1.29, 1.82) is 0 Å². The molecule has 0 aliphatic carbocycles. The Morgan fingerprint density at radius 3 is 2.27 bits per heavy atom. The van der Waals surface area contributed by atoms with E-state index < -0.39 is 0 Å². The summed E-state index contributed by atoms with van der Waals surface area (Å²) in [7, 11) is 0. The Bertz CT molecular complexity index is 186. The minimum absolute atomic E-state index is 0.166. The fourth-order valence-corrected chi connectivity index (χ4v) is 2.14. The van der Waals surface area contributed by atoms with E-state index in [2.05, 4.69) is 6.92 Å². The molecule has 1 heterocycles. The van der Waals surface area contributed by atoms with E-state index in [0.717, 1.165) is 38.8 Å². The lowest BCUT2D eigenvalue weighted by molar-refractivity contribution is -0.133. The van der Waals surface area contributed by atoms with Crippen molar-refractivity contribution in [2.45, 2.75) is 57.9 Å². The molecule has 1 rings (SSSR count). The largest absolute Gasteiger partial charge is 0.341 e. The van der Waals surface area contributed by atoms with E-state index in [1.165, 1.54) is 19.3 Å². The molecule has 0 bridgehead atoms. The van der Waals surface area contributed by atoms with Crippen LogP contribution in [0.15, 0.2) is 0 Å². The third-order valence-electron chi connectivity index (χ3n) is 3.08. The number of amides is 1. The van der Waals surface area contributed by atoms with Gasteiger partial charge in [0.25, 0.3) is 0 Å². The number of likely N-dealkylation sites (tertiary alicyclic amines) is 1. The van der Waals surface area contributed by atoms with Crippen molar-refractivity contribution in [1.82, 2.24) is 4.90 Å². The van der Waals surface area contributed by atoms with Crippen molar-refractivity contribution in [3.8, 4) is 0 Å². The molecule has 0 aromatic heterocycles. The van der Waals surface area contributed by atoms with Crippen LogP contribution in [-0.2, 0) is 4.79 Å². The first-order chi connectivity index (χ1) is 7.25. The number of nitrogens with two attached hydrogens (primary N) is 1. The minimum Gasteiger partial charge on any atom is -0.341 e. The number of carbonyl (C=O) groups is 1. The average Bonchev–Trinajstić information content (AvgIpc) is 2.16. The molecule has 3 heteroatoms. The van der Waals surface area contributed by atoms with Gasteiger partial charge in [0.1, 0.15) is 0 Å². The van der Waals surface area contributed by atoms with Crippen molar-refractivity contribution >= 4 is 5.91 Å². The maximum absolute atomic E-state index is 12.0. The molecule has 1 amide bonds. The molecule has 1 aliphatic rings. The summed E-state index contributed by atoms with van der Waals surface area (Å²) in [4.78, 5) is 13.9. The van der Waals surface area contributed by atoms with Gasteiger partial charge in [0.15, 0.2) is 0 Å². The Labute approximate surface area is 93.0 Å². The van der Waals surface area contributed by atoms with Crippen molar-refractivity contribution in [3.05, 3.63) is 0 Å². The Morgan fingerprint density at radius 2 is 1.73 bits per heavy atom. The number of hydrogen-bond donors (Lipinski definition) is 1. The molecule has 15 heavy (non-hydrogen) atoms. The summed E-state index contributed by atoms with van der Waals surface area (Å²) >= 11 is 0. The number of nitrogens with zero attached hydrogens (tertiary/aromatic N) is 1. The van der Waals surface area contributed by atoms with E-state index in [0.29, 0.717) is 0 Å². The van der Waals surface area contributed by atoms with Crippen molar-refractivity contribution < 1.29 is 4.79 Å². The molecule has 2 N–H and O–H groups in total. The van der Waals surface area contributed by atoms with Crippen molar-refractivity contribution in [2.24, 2.45) is 5.73 Å². The highest BCUT2D eigenvalue weighted by Crippen LogP contribution is 2.11. The predicted molar refractivity (Wildman–Crippen MR) is 62.5 cm³/mol. The Hall–Kier alpha value is -0.570. The first kappa shape index (κ1) is 12.5. The number of carbonyl (C=O) groups excluding carboxylic acids is 1. The lowest BCUT2D eigenvalue weighted by Gasteiger charge is -2.27. The van der Waals surface area contributed by atoms with Gasteiger partial charge in [0.05, 0.1) is 6.04 Å². The van der Waals surface area contributed by atoms with Gasteiger partial charge < -0.3 is 10.6 Å². The maximum Gasteiger partial charge on any atom is 0.239 e. The van der Waals surface area contributed by atoms with Crippen LogP contribution in [0.4, 0.5) is 0 Å². The molecule has 0 radical (unpaired) electrons. The Kier molecular flexibility index (Phi) is 5.69. The fraction of sp³-hybridized carbons (Fsp3) is 0.917. The maximum atomic E-state index is 12.0. The van der Waals surface area contributed by atoms with Crippen LogP contribution in [0, 0.1) is 0 Å². The zero-order chi connectivity index (χ0) is 11.1. The molecule has 0 aromatic carbocycles. The molecule has 0 spiro atoms. The van der Waals surface area contributed by atoms with E-state index in [-0.39, 0.29) is 11.9 Å². The van der Waals surface area contributed by atoms with Gasteiger partial charge in [-0.2, -0.15) is 0 Å². The molecule has 3 nitrogen and oxygen atoms in total. The van der Waals surface area contributed by atoms with Gasteiger partial charge in [-0.25, -0.2) is 0 Å². The molecule has 1 fully saturated rings. The van der Waals surface area contributed by atoms with Crippen LogP contribution in [0.5, 0.6) is 0 Å². The summed E-state index contributed by atoms with van der Waals surface area (Å²) in [5.74, 6) is 0.166. The first-order valence-electron chi connectivity index (χ1n) is 6.30. The number of hydrogen-bond acceptors (Lipinski definition) is 2. The predicted octanol–water partition coefficient (Wildman–Crippen LogP) is 1.91. The Balaban J connectivity index is 2.40. The van der Waals surface area contributed by atoms with Crippen LogP contribution < -0.4 is 5.73 Å². The van der Waals surface area contributed by atoms with Gasteiger partial charge in [-0.3, -0.25) is 4.79 Å². The second kappa shape index (κ2) is 6.83. The third kappa shape index (κ3) is 4.20. The zero-order valence-electron chi connectivity index (χ0n) is 9.87. The van der Waals surface area contributed by atoms with Crippen LogP contribution in [-0.4, -0.2) is 29.9 Å². The van der Waals surface area contributed by atoms with Crippen LogP contribution >= 0.6 is 0 Å². The highest BCUT2D eigenvalue weighted by molar-refractivity contribution is 5.81. The summed E-state index contributed by atoms with van der Waals surface area (Å²) < 4.78 is 0. The van der Waals surface area contributed by atoms with Crippen LogP contribution in [0.2, 0.25) is 0 Å². The molecule has 88 valence electrons. The minimum atomic E-state index is -0.269. The third-order valence-corrected chi connectivity index (χ3v) is 3.08. The Morgan fingerprint density at radius 1 is 1.20 bits per heavy atom. The number of rotatable bonds is 3.